The summed E-state index contributed by atoms with van der Waals surface area (Å²) >= 11 is 2.26. The SMILES string of the molecule is Cc1cc(I)ccc1NC(=O)C1CCCN1C(=O)C1CCCCC1. The molecule has 1 atom stereocenters. The maximum atomic E-state index is 12.8. The van der Waals surface area contributed by atoms with Crippen molar-refractivity contribution in [2.75, 3.05) is 11.9 Å². The van der Waals surface area contributed by atoms with Crippen molar-refractivity contribution in [2.24, 2.45) is 5.92 Å². The van der Waals surface area contributed by atoms with E-state index in [9.17, 15) is 9.59 Å². The number of amides is 2. The van der Waals surface area contributed by atoms with Gasteiger partial charge < -0.3 is 10.2 Å². The zero-order chi connectivity index (χ0) is 17.1. The van der Waals surface area contributed by atoms with Gasteiger partial charge in [-0.1, -0.05) is 19.3 Å². The molecule has 0 radical (unpaired) electrons. The molecule has 130 valence electrons. The summed E-state index contributed by atoms with van der Waals surface area (Å²) in [6, 6.07) is 5.67. The van der Waals surface area contributed by atoms with Gasteiger partial charge in [0, 0.05) is 21.7 Å². The lowest BCUT2D eigenvalue weighted by Gasteiger charge is -2.30. The van der Waals surface area contributed by atoms with Gasteiger partial charge in [0.05, 0.1) is 0 Å². The molecule has 1 N–H and O–H groups in total. The summed E-state index contributed by atoms with van der Waals surface area (Å²) in [5.41, 5.74) is 1.90. The molecule has 0 spiro atoms. The Morgan fingerprint density at radius 3 is 2.58 bits per heavy atom. The van der Waals surface area contributed by atoms with Crippen LogP contribution in [-0.4, -0.2) is 29.3 Å². The molecule has 1 aliphatic heterocycles. The van der Waals surface area contributed by atoms with Gasteiger partial charge in [0.1, 0.15) is 6.04 Å². The van der Waals surface area contributed by atoms with Gasteiger partial charge in [-0.25, -0.2) is 0 Å². The molecule has 2 aliphatic rings. The van der Waals surface area contributed by atoms with E-state index in [1.54, 1.807) is 0 Å². The van der Waals surface area contributed by atoms with E-state index in [-0.39, 0.29) is 23.8 Å². The van der Waals surface area contributed by atoms with Gasteiger partial charge in [-0.2, -0.15) is 0 Å². The van der Waals surface area contributed by atoms with Crippen LogP contribution in [-0.2, 0) is 9.59 Å². The van der Waals surface area contributed by atoms with Crippen molar-refractivity contribution in [2.45, 2.75) is 57.9 Å². The molecule has 0 bridgehead atoms. The Labute approximate surface area is 157 Å². The fourth-order valence-corrected chi connectivity index (χ4v) is 4.52. The maximum Gasteiger partial charge on any atom is 0.247 e. The summed E-state index contributed by atoms with van der Waals surface area (Å²) in [4.78, 5) is 27.4. The van der Waals surface area contributed by atoms with Gasteiger partial charge in [0.25, 0.3) is 0 Å². The summed E-state index contributed by atoms with van der Waals surface area (Å²) in [5, 5.41) is 3.03. The van der Waals surface area contributed by atoms with Crippen LogP contribution in [0.5, 0.6) is 0 Å². The van der Waals surface area contributed by atoms with E-state index in [4.69, 9.17) is 0 Å². The van der Waals surface area contributed by atoms with Crippen molar-refractivity contribution in [3.05, 3.63) is 27.3 Å². The van der Waals surface area contributed by atoms with Crippen molar-refractivity contribution in [3.63, 3.8) is 0 Å². The first-order chi connectivity index (χ1) is 11.6. The molecule has 2 fully saturated rings. The Kier molecular flexibility index (Phi) is 5.79. The fourth-order valence-electron chi connectivity index (χ4n) is 3.87. The second-order valence-corrected chi connectivity index (χ2v) is 8.22. The number of hydrogen-bond acceptors (Lipinski definition) is 2. The largest absolute Gasteiger partial charge is 0.330 e. The van der Waals surface area contributed by atoms with E-state index in [1.165, 1.54) is 6.42 Å². The molecule has 1 aromatic rings. The number of nitrogens with one attached hydrogen (secondary N) is 1. The van der Waals surface area contributed by atoms with Gasteiger partial charge in [0.2, 0.25) is 11.8 Å². The lowest BCUT2D eigenvalue weighted by atomic mass is 9.88. The monoisotopic (exact) mass is 440 g/mol. The zero-order valence-electron chi connectivity index (χ0n) is 14.2. The molecule has 1 saturated heterocycles. The Bertz CT molecular complexity index is 626. The average molecular weight is 440 g/mol. The smallest absolute Gasteiger partial charge is 0.247 e. The highest BCUT2D eigenvalue weighted by Gasteiger charge is 2.37. The Hall–Kier alpha value is -1.11. The van der Waals surface area contributed by atoms with Crippen molar-refractivity contribution in [3.8, 4) is 0 Å². The number of likely N-dealkylation sites (tertiary alicyclic amines) is 1. The number of carbonyl (C=O) groups excluding carboxylic acids is 2. The summed E-state index contributed by atoms with van der Waals surface area (Å²) in [5.74, 6) is 0.292. The van der Waals surface area contributed by atoms with Crippen LogP contribution in [0.1, 0.15) is 50.5 Å². The number of benzene rings is 1. The van der Waals surface area contributed by atoms with Crippen molar-refractivity contribution in [1.82, 2.24) is 4.90 Å². The standard InChI is InChI=1S/C19H25IN2O2/c1-13-12-15(20)9-10-16(13)21-18(23)17-8-5-11-22(17)19(24)14-6-3-2-4-7-14/h9-10,12,14,17H,2-8,11H2,1H3,(H,21,23). The average Bonchev–Trinajstić information content (AvgIpc) is 3.07. The molecule has 3 rings (SSSR count). The number of nitrogens with zero attached hydrogens (tertiary/aromatic N) is 1. The van der Waals surface area contributed by atoms with Gasteiger partial charge in [-0.15, -0.1) is 0 Å². The van der Waals surface area contributed by atoms with Crippen molar-refractivity contribution in [1.29, 1.82) is 0 Å². The third kappa shape index (κ3) is 3.92. The molecule has 1 saturated carbocycles. The molecule has 5 heteroatoms. The minimum absolute atomic E-state index is 0.0408. The molecule has 4 nitrogen and oxygen atoms in total. The van der Waals surface area contributed by atoms with E-state index in [0.29, 0.717) is 0 Å². The fraction of sp³-hybridized carbons (Fsp3) is 0.579. The van der Waals surface area contributed by atoms with Crippen LogP contribution >= 0.6 is 22.6 Å². The normalized spacial score (nSPS) is 21.8. The highest BCUT2D eigenvalue weighted by Crippen LogP contribution is 2.29. The highest BCUT2D eigenvalue weighted by atomic mass is 127. The number of halogens is 1. The first kappa shape index (κ1) is 17.7. The van der Waals surface area contributed by atoms with Crippen molar-refractivity contribution < 1.29 is 9.59 Å². The summed E-state index contributed by atoms with van der Waals surface area (Å²) in [6.45, 7) is 2.72. The maximum absolute atomic E-state index is 12.8. The molecule has 2 amide bonds. The number of hydrogen-bond donors (Lipinski definition) is 1. The summed E-state index contributed by atoms with van der Waals surface area (Å²) in [6.07, 6.45) is 7.18. The first-order valence-corrected chi connectivity index (χ1v) is 10.0. The third-order valence-electron chi connectivity index (χ3n) is 5.24. The lowest BCUT2D eigenvalue weighted by molar-refractivity contribution is -0.141. The van der Waals surface area contributed by atoms with E-state index in [0.717, 1.165) is 59.9 Å². The first-order valence-electron chi connectivity index (χ1n) is 8.94. The zero-order valence-corrected chi connectivity index (χ0v) is 16.3. The topological polar surface area (TPSA) is 49.4 Å². The molecule has 1 unspecified atom stereocenters. The number of rotatable bonds is 3. The molecular formula is C19H25IN2O2. The van der Waals surface area contributed by atoms with Crippen LogP contribution < -0.4 is 5.32 Å². The van der Waals surface area contributed by atoms with Gasteiger partial charge in [-0.05, 0) is 79.0 Å². The Balaban J connectivity index is 1.67. The molecule has 1 aromatic carbocycles. The highest BCUT2D eigenvalue weighted by molar-refractivity contribution is 14.1. The molecule has 1 heterocycles. The number of anilines is 1. The molecule has 1 aliphatic carbocycles. The molecule has 24 heavy (non-hydrogen) atoms. The van der Waals surface area contributed by atoms with E-state index in [2.05, 4.69) is 34.0 Å². The second-order valence-electron chi connectivity index (χ2n) is 6.97. The van der Waals surface area contributed by atoms with E-state index < -0.39 is 0 Å². The van der Waals surface area contributed by atoms with Crippen molar-refractivity contribution >= 4 is 40.1 Å². The van der Waals surface area contributed by atoms with Gasteiger partial charge in [0.15, 0.2) is 0 Å². The van der Waals surface area contributed by atoms with E-state index in [1.807, 2.05) is 24.0 Å². The van der Waals surface area contributed by atoms with Crippen LogP contribution in [0.25, 0.3) is 0 Å². The lowest BCUT2D eigenvalue weighted by Crippen LogP contribution is -2.46. The molecule has 0 aromatic heterocycles. The van der Waals surface area contributed by atoms with Gasteiger partial charge in [-0.3, -0.25) is 9.59 Å². The van der Waals surface area contributed by atoms with Crippen LogP contribution in [0.2, 0.25) is 0 Å². The molecular weight excluding hydrogens is 415 g/mol. The quantitative estimate of drug-likeness (QED) is 0.720. The Morgan fingerprint density at radius 2 is 1.88 bits per heavy atom. The predicted molar refractivity (Wildman–Crippen MR) is 104 cm³/mol. The minimum atomic E-state index is -0.307. The number of aryl methyl sites for hydroxylation is 1. The summed E-state index contributed by atoms with van der Waals surface area (Å²) < 4.78 is 1.15. The second kappa shape index (κ2) is 7.85. The van der Waals surface area contributed by atoms with Crippen LogP contribution in [0, 0.1) is 16.4 Å². The van der Waals surface area contributed by atoms with Crippen LogP contribution in [0.15, 0.2) is 18.2 Å². The van der Waals surface area contributed by atoms with Gasteiger partial charge >= 0.3 is 0 Å². The van der Waals surface area contributed by atoms with Crippen LogP contribution in [0.3, 0.4) is 0 Å². The third-order valence-corrected chi connectivity index (χ3v) is 5.91. The minimum Gasteiger partial charge on any atom is -0.330 e. The summed E-state index contributed by atoms with van der Waals surface area (Å²) in [7, 11) is 0. The predicted octanol–water partition coefficient (Wildman–Crippen LogP) is 4.11. The van der Waals surface area contributed by atoms with E-state index >= 15 is 0 Å². The number of carbonyl (C=O) groups is 2. The Morgan fingerprint density at radius 1 is 1.12 bits per heavy atom. The van der Waals surface area contributed by atoms with Crippen LogP contribution in [0.4, 0.5) is 5.69 Å².